The van der Waals surface area contributed by atoms with Crippen LogP contribution in [0.25, 0.3) is 11.4 Å². The van der Waals surface area contributed by atoms with Crippen molar-refractivity contribution in [1.82, 2.24) is 15.0 Å². The van der Waals surface area contributed by atoms with Crippen molar-refractivity contribution in [3.05, 3.63) is 36.2 Å². The number of hydrogen-bond acceptors (Lipinski definition) is 5. The van der Waals surface area contributed by atoms with Crippen LogP contribution >= 0.6 is 0 Å². The molecule has 0 bridgehead atoms. The van der Waals surface area contributed by atoms with Crippen molar-refractivity contribution in [3.8, 4) is 11.4 Å². The van der Waals surface area contributed by atoms with Gasteiger partial charge in [-0.3, -0.25) is 4.79 Å². The van der Waals surface area contributed by atoms with E-state index in [4.69, 9.17) is 14.2 Å². The van der Waals surface area contributed by atoms with Gasteiger partial charge in [0, 0.05) is 43.2 Å². The Labute approximate surface area is 171 Å². The van der Waals surface area contributed by atoms with E-state index in [2.05, 4.69) is 10.1 Å². The molecule has 1 atom stereocenters. The first-order chi connectivity index (χ1) is 14.3. The number of amides is 1. The topological polar surface area (TPSA) is 68.5 Å². The van der Waals surface area contributed by atoms with Crippen molar-refractivity contribution >= 4 is 5.91 Å². The molecule has 6 nitrogen and oxygen atoms in total. The highest BCUT2D eigenvalue weighted by atomic mass is 16.5. The summed E-state index contributed by atoms with van der Waals surface area (Å²) in [4.78, 5) is 20.1. The van der Waals surface area contributed by atoms with Crippen LogP contribution in [0.5, 0.6) is 0 Å². The number of benzene rings is 1. The summed E-state index contributed by atoms with van der Waals surface area (Å²) in [6.07, 6.45) is 7.57. The molecule has 1 amide bonds. The Morgan fingerprint density at radius 1 is 1.07 bits per heavy atom. The first-order valence-corrected chi connectivity index (χ1v) is 11.0. The zero-order valence-electron chi connectivity index (χ0n) is 16.9. The average molecular weight is 396 g/mol. The van der Waals surface area contributed by atoms with Gasteiger partial charge in [0.1, 0.15) is 0 Å². The van der Waals surface area contributed by atoms with E-state index >= 15 is 0 Å². The van der Waals surface area contributed by atoms with Gasteiger partial charge < -0.3 is 14.2 Å². The van der Waals surface area contributed by atoms with Crippen molar-refractivity contribution in [2.75, 3.05) is 26.3 Å². The lowest BCUT2D eigenvalue weighted by atomic mass is 9.72. The van der Waals surface area contributed by atoms with E-state index in [0.29, 0.717) is 24.2 Å². The number of aromatic nitrogens is 2. The number of hydrogen-bond donors (Lipinski definition) is 0. The second kappa shape index (κ2) is 7.90. The average Bonchev–Trinajstić information content (AvgIpc) is 3.40. The van der Waals surface area contributed by atoms with E-state index in [9.17, 15) is 4.79 Å². The fraction of sp³-hybridized carbons (Fsp3) is 0.609. The van der Waals surface area contributed by atoms with Crippen LogP contribution in [-0.2, 0) is 9.53 Å². The van der Waals surface area contributed by atoms with Gasteiger partial charge >= 0.3 is 0 Å². The van der Waals surface area contributed by atoms with Gasteiger partial charge in [-0.1, -0.05) is 54.8 Å². The van der Waals surface area contributed by atoms with E-state index in [-0.39, 0.29) is 17.3 Å². The van der Waals surface area contributed by atoms with Crippen LogP contribution in [0.2, 0.25) is 0 Å². The largest absolute Gasteiger partial charge is 0.381 e. The zero-order valence-corrected chi connectivity index (χ0v) is 16.9. The van der Waals surface area contributed by atoms with Crippen molar-refractivity contribution in [1.29, 1.82) is 0 Å². The van der Waals surface area contributed by atoms with Crippen LogP contribution in [0.15, 0.2) is 34.9 Å². The normalized spacial score (nSPS) is 24.8. The Bertz CT molecular complexity index is 838. The Kier molecular flexibility index (Phi) is 5.12. The fourth-order valence-electron chi connectivity index (χ4n) is 5.45. The van der Waals surface area contributed by atoms with Crippen molar-refractivity contribution < 1.29 is 14.1 Å². The van der Waals surface area contributed by atoms with Gasteiger partial charge in [0.2, 0.25) is 17.6 Å². The number of carbonyl (C=O) groups is 1. The second-order valence-corrected chi connectivity index (χ2v) is 8.90. The van der Waals surface area contributed by atoms with E-state index < -0.39 is 0 Å². The van der Waals surface area contributed by atoms with Crippen LogP contribution < -0.4 is 0 Å². The maximum Gasteiger partial charge on any atom is 0.232 e. The summed E-state index contributed by atoms with van der Waals surface area (Å²) in [6.45, 7) is 2.95. The van der Waals surface area contributed by atoms with E-state index in [1.165, 1.54) is 19.3 Å². The summed E-state index contributed by atoms with van der Waals surface area (Å²) >= 11 is 0. The number of rotatable bonds is 3. The summed E-state index contributed by atoms with van der Waals surface area (Å²) in [7, 11) is 0. The molecular weight excluding hydrogens is 366 g/mol. The standard InChI is InChI=1S/C23H29N3O3/c27-22(18-9-5-2-6-10-18)26-15-19(23(16-26)11-13-28-14-12-23)21-24-20(25-29-21)17-7-3-1-4-8-17/h1,3-4,7-8,18-19H,2,5-6,9-16H2/t19-/m1/s1. The molecule has 1 aliphatic carbocycles. The zero-order chi connectivity index (χ0) is 19.7. The van der Waals surface area contributed by atoms with Gasteiger partial charge in [-0.25, -0.2) is 0 Å². The number of likely N-dealkylation sites (tertiary alicyclic amines) is 1. The smallest absolute Gasteiger partial charge is 0.232 e. The monoisotopic (exact) mass is 395 g/mol. The maximum absolute atomic E-state index is 13.3. The minimum Gasteiger partial charge on any atom is -0.381 e. The van der Waals surface area contributed by atoms with E-state index in [0.717, 1.165) is 51.0 Å². The SMILES string of the molecule is O=C(C1CCCCC1)N1C[C@H](c2nc(-c3ccccc3)no2)C2(CCOCC2)C1. The molecule has 154 valence electrons. The highest BCUT2D eigenvalue weighted by Crippen LogP contribution is 2.49. The Hall–Kier alpha value is -2.21. The molecule has 0 radical (unpaired) electrons. The summed E-state index contributed by atoms with van der Waals surface area (Å²) < 4.78 is 11.4. The van der Waals surface area contributed by atoms with Gasteiger partial charge in [-0.2, -0.15) is 4.98 Å². The quantitative estimate of drug-likeness (QED) is 0.785. The summed E-state index contributed by atoms with van der Waals surface area (Å²) in [6, 6.07) is 9.92. The predicted molar refractivity (Wildman–Crippen MR) is 108 cm³/mol. The molecular formula is C23H29N3O3. The molecule has 29 heavy (non-hydrogen) atoms. The molecule has 1 spiro atoms. The minimum atomic E-state index is -0.0108. The number of carbonyl (C=O) groups excluding carboxylic acids is 1. The van der Waals surface area contributed by atoms with Crippen molar-refractivity contribution in [2.24, 2.45) is 11.3 Å². The first-order valence-electron chi connectivity index (χ1n) is 11.0. The third kappa shape index (κ3) is 3.59. The van der Waals surface area contributed by atoms with Crippen molar-refractivity contribution in [2.45, 2.75) is 50.9 Å². The van der Waals surface area contributed by atoms with Crippen LogP contribution in [0.3, 0.4) is 0 Å². The van der Waals surface area contributed by atoms with Gasteiger partial charge in [0.15, 0.2) is 0 Å². The van der Waals surface area contributed by atoms with Crippen molar-refractivity contribution in [3.63, 3.8) is 0 Å². The molecule has 0 N–H and O–H groups in total. The highest BCUT2D eigenvalue weighted by Gasteiger charge is 2.52. The first kappa shape index (κ1) is 18.8. The molecule has 3 heterocycles. The number of ether oxygens (including phenoxy) is 1. The number of nitrogens with zero attached hydrogens (tertiary/aromatic N) is 3. The summed E-state index contributed by atoms with van der Waals surface area (Å²) in [5.74, 6) is 1.91. The molecule has 3 fully saturated rings. The van der Waals surface area contributed by atoms with Gasteiger partial charge in [0.25, 0.3) is 0 Å². The van der Waals surface area contributed by atoms with Crippen LogP contribution in [-0.4, -0.2) is 47.3 Å². The second-order valence-electron chi connectivity index (χ2n) is 8.90. The van der Waals surface area contributed by atoms with E-state index in [1.807, 2.05) is 30.3 Å². The molecule has 0 unspecified atom stereocenters. The maximum atomic E-state index is 13.3. The predicted octanol–water partition coefficient (Wildman–Crippen LogP) is 4.04. The summed E-state index contributed by atoms with van der Waals surface area (Å²) in [5, 5.41) is 4.25. The Morgan fingerprint density at radius 3 is 2.59 bits per heavy atom. The minimum absolute atomic E-state index is 0.0108. The molecule has 5 rings (SSSR count). The molecule has 6 heteroatoms. The molecule has 2 aliphatic heterocycles. The molecule has 2 aromatic rings. The fourth-order valence-corrected chi connectivity index (χ4v) is 5.45. The molecule has 1 aromatic heterocycles. The van der Waals surface area contributed by atoms with Crippen LogP contribution in [0.1, 0.15) is 56.8 Å². The van der Waals surface area contributed by atoms with Crippen LogP contribution in [0, 0.1) is 11.3 Å². The van der Waals surface area contributed by atoms with Gasteiger partial charge in [0.05, 0.1) is 5.92 Å². The highest BCUT2D eigenvalue weighted by molar-refractivity contribution is 5.79. The lowest BCUT2D eigenvalue weighted by Crippen LogP contribution is -2.39. The lowest BCUT2D eigenvalue weighted by Gasteiger charge is -2.36. The van der Waals surface area contributed by atoms with E-state index in [1.54, 1.807) is 0 Å². The van der Waals surface area contributed by atoms with Gasteiger partial charge in [-0.05, 0) is 25.7 Å². The lowest BCUT2D eigenvalue weighted by molar-refractivity contribution is -0.136. The molecule has 2 saturated heterocycles. The summed E-state index contributed by atoms with van der Waals surface area (Å²) in [5.41, 5.74) is 0.944. The molecule has 3 aliphatic rings. The van der Waals surface area contributed by atoms with Gasteiger partial charge in [-0.15, -0.1) is 0 Å². The third-order valence-electron chi connectivity index (χ3n) is 7.17. The Morgan fingerprint density at radius 2 is 1.83 bits per heavy atom. The Balaban J connectivity index is 1.41. The molecule has 1 saturated carbocycles. The van der Waals surface area contributed by atoms with Crippen LogP contribution in [0.4, 0.5) is 0 Å². The third-order valence-corrected chi connectivity index (χ3v) is 7.17. The molecule has 1 aromatic carbocycles.